The fourth-order valence-electron chi connectivity index (χ4n) is 6.71. The molecule has 0 spiro atoms. The molecule has 6 rings (SSSR count). The highest BCUT2D eigenvalue weighted by molar-refractivity contribution is 6.33. The van der Waals surface area contributed by atoms with Gasteiger partial charge < -0.3 is 14.7 Å². The Kier molecular flexibility index (Phi) is 6.60. The van der Waals surface area contributed by atoms with Gasteiger partial charge in [-0.15, -0.1) is 0 Å². The van der Waals surface area contributed by atoms with Crippen molar-refractivity contribution in [3.8, 4) is 0 Å². The van der Waals surface area contributed by atoms with Crippen molar-refractivity contribution >= 4 is 29.1 Å². The van der Waals surface area contributed by atoms with Crippen LogP contribution < -0.4 is 4.90 Å². The van der Waals surface area contributed by atoms with E-state index < -0.39 is 0 Å². The standard InChI is InChI=1S/C31H33ClN4O2/c1-20-19-36(31(38)24-5-3-4-6-26(24)32)27-10-8-21-7-9-25(28(20)29(21)27)30(37)34(2)22-13-17-35(18-14-22)23-11-15-33-16-12-23/h3-7,9,11-12,15-16,20,22,27H,8,10,13-14,17-19H2,1-2H3/t20?,27-/m1/s1. The molecule has 2 atom stereocenters. The predicted octanol–water partition coefficient (Wildman–Crippen LogP) is 5.72. The molecule has 0 radical (unpaired) electrons. The van der Waals surface area contributed by atoms with E-state index in [0.717, 1.165) is 49.9 Å². The van der Waals surface area contributed by atoms with Gasteiger partial charge in [0, 0.05) is 56.4 Å². The summed E-state index contributed by atoms with van der Waals surface area (Å²) in [7, 11) is 1.95. The number of rotatable bonds is 4. The fraction of sp³-hybridized carbons (Fsp3) is 0.387. The Balaban J connectivity index is 1.24. The largest absolute Gasteiger partial charge is 0.371 e. The fourth-order valence-corrected chi connectivity index (χ4v) is 6.92. The quantitative estimate of drug-likeness (QED) is 0.434. The summed E-state index contributed by atoms with van der Waals surface area (Å²) in [6.07, 6.45) is 7.32. The molecular weight excluding hydrogens is 496 g/mol. The van der Waals surface area contributed by atoms with E-state index in [1.54, 1.807) is 12.1 Å². The van der Waals surface area contributed by atoms with E-state index >= 15 is 0 Å². The summed E-state index contributed by atoms with van der Waals surface area (Å²) in [5.41, 5.74) is 6.12. The van der Waals surface area contributed by atoms with E-state index in [0.29, 0.717) is 17.1 Å². The van der Waals surface area contributed by atoms with Gasteiger partial charge in [0.05, 0.1) is 16.6 Å². The summed E-state index contributed by atoms with van der Waals surface area (Å²) in [6.45, 7) is 4.56. The Morgan fingerprint density at radius 1 is 0.947 bits per heavy atom. The molecule has 1 aliphatic carbocycles. The molecule has 0 saturated carbocycles. The van der Waals surface area contributed by atoms with Crippen molar-refractivity contribution in [1.82, 2.24) is 14.8 Å². The first-order chi connectivity index (χ1) is 18.4. The highest BCUT2D eigenvalue weighted by atomic mass is 35.5. The first kappa shape index (κ1) is 24.9. The van der Waals surface area contributed by atoms with Gasteiger partial charge in [0.15, 0.2) is 0 Å². The van der Waals surface area contributed by atoms with E-state index in [4.69, 9.17) is 11.6 Å². The van der Waals surface area contributed by atoms with Gasteiger partial charge in [0.25, 0.3) is 11.8 Å². The molecule has 196 valence electrons. The van der Waals surface area contributed by atoms with Crippen LogP contribution >= 0.6 is 11.6 Å². The molecule has 3 aliphatic rings. The Labute approximate surface area is 229 Å². The average molecular weight is 529 g/mol. The minimum atomic E-state index is -0.0271. The summed E-state index contributed by atoms with van der Waals surface area (Å²) in [5, 5.41) is 0.481. The summed E-state index contributed by atoms with van der Waals surface area (Å²) < 4.78 is 0. The summed E-state index contributed by atoms with van der Waals surface area (Å²) in [5.74, 6) is 0.126. The number of piperidine rings is 1. The van der Waals surface area contributed by atoms with Crippen LogP contribution in [0.5, 0.6) is 0 Å². The van der Waals surface area contributed by atoms with E-state index in [1.807, 2.05) is 59.6 Å². The van der Waals surface area contributed by atoms with Crippen LogP contribution in [0.25, 0.3) is 0 Å². The normalized spacial score (nSPS) is 20.8. The maximum Gasteiger partial charge on any atom is 0.255 e. The van der Waals surface area contributed by atoms with Crippen molar-refractivity contribution in [2.45, 2.75) is 50.6 Å². The van der Waals surface area contributed by atoms with E-state index in [-0.39, 0.29) is 29.8 Å². The molecule has 1 saturated heterocycles. The third-order valence-corrected chi connectivity index (χ3v) is 9.02. The van der Waals surface area contributed by atoms with Gasteiger partial charge in [0.1, 0.15) is 0 Å². The van der Waals surface area contributed by atoms with Gasteiger partial charge in [-0.05, 0) is 78.6 Å². The Bertz CT molecular complexity index is 1370. The summed E-state index contributed by atoms with van der Waals surface area (Å²) in [6, 6.07) is 15.7. The van der Waals surface area contributed by atoms with Crippen LogP contribution in [0.4, 0.5) is 5.69 Å². The van der Waals surface area contributed by atoms with Crippen LogP contribution in [-0.2, 0) is 6.42 Å². The molecule has 3 aromatic rings. The monoisotopic (exact) mass is 528 g/mol. The average Bonchev–Trinajstić information content (AvgIpc) is 3.39. The van der Waals surface area contributed by atoms with Crippen molar-refractivity contribution in [2.75, 3.05) is 31.6 Å². The summed E-state index contributed by atoms with van der Waals surface area (Å²) in [4.78, 5) is 38.0. The number of carbonyl (C=O) groups is 2. The van der Waals surface area contributed by atoms with Crippen molar-refractivity contribution in [2.24, 2.45) is 0 Å². The Hall–Kier alpha value is -3.38. The molecule has 2 aromatic carbocycles. The smallest absolute Gasteiger partial charge is 0.255 e. The number of amides is 2. The van der Waals surface area contributed by atoms with Crippen molar-refractivity contribution < 1.29 is 9.59 Å². The van der Waals surface area contributed by atoms with Crippen LogP contribution in [-0.4, -0.2) is 59.3 Å². The molecule has 2 aliphatic heterocycles. The highest BCUT2D eigenvalue weighted by Gasteiger charge is 2.42. The molecule has 7 heteroatoms. The predicted molar refractivity (Wildman–Crippen MR) is 150 cm³/mol. The molecule has 0 bridgehead atoms. The number of hydrogen-bond donors (Lipinski definition) is 0. The molecule has 1 aromatic heterocycles. The number of carbonyl (C=O) groups excluding carboxylic acids is 2. The highest BCUT2D eigenvalue weighted by Crippen LogP contribution is 2.47. The van der Waals surface area contributed by atoms with Crippen molar-refractivity contribution in [3.05, 3.63) is 93.8 Å². The number of aryl methyl sites for hydroxylation is 1. The van der Waals surface area contributed by atoms with Gasteiger partial charge >= 0.3 is 0 Å². The molecule has 2 amide bonds. The van der Waals surface area contributed by atoms with E-state index in [1.165, 1.54) is 16.8 Å². The van der Waals surface area contributed by atoms with Crippen LogP contribution in [0.1, 0.15) is 75.6 Å². The number of hydrogen-bond acceptors (Lipinski definition) is 4. The van der Waals surface area contributed by atoms with E-state index in [2.05, 4.69) is 22.9 Å². The lowest BCUT2D eigenvalue weighted by molar-refractivity contribution is 0.0641. The van der Waals surface area contributed by atoms with Crippen LogP contribution in [0.3, 0.4) is 0 Å². The molecule has 0 N–H and O–H groups in total. The minimum absolute atomic E-state index is 0.0124. The van der Waals surface area contributed by atoms with Crippen LogP contribution in [0, 0.1) is 0 Å². The van der Waals surface area contributed by atoms with Gasteiger partial charge in [-0.2, -0.15) is 0 Å². The second-order valence-electron chi connectivity index (χ2n) is 10.8. The lowest BCUT2D eigenvalue weighted by Gasteiger charge is -2.41. The van der Waals surface area contributed by atoms with Gasteiger partial charge in [-0.3, -0.25) is 14.6 Å². The molecule has 1 unspecified atom stereocenters. The van der Waals surface area contributed by atoms with Gasteiger partial charge in [-0.25, -0.2) is 0 Å². The van der Waals surface area contributed by atoms with Crippen molar-refractivity contribution in [1.29, 1.82) is 0 Å². The third-order valence-electron chi connectivity index (χ3n) is 8.69. The van der Waals surface area contributed by atoms with E-state index in [9.17, 15) is 9.59 Å². The minimum Gasteiger partial charge on any atom is -0.371 e. The zero-order valence-corrected chi connectivity index (χ0v) is 22.7. The lowest BCUT2D eigenvalue weighted by atomic mass is 9.82. The second-order valence-corrected chi connectivity index (χ2v) is 11.2. The number of nitrogens with zero attached hydrogens (tertiary/aromatic N) is 4. The molecule has 38 heavy (non-hydrogen) atoms. The SMILES string of the molecule is CC1CN(C(=O)c2ccccc2Cl)[C@@H]2CCc3ccc(C(=O)N(C)C4CCN(c5ccncc5)CC4)c1c32. The Morgan fingerprint density at radius 2 is 1.68 bits per heavy atom. The first-order valence-electron chi connectivity index (χ1n) is 13.6. The first-order valence-corrected chi connectivity index (χ1v) is 13.9. The molecule has 6 nitrogen and oxygen atoms in total. The van der Waals surface area contributed by atoms with Crippen LogP contribution in [0.15, 0.2) is 60.9 Å². The zero-order chi connectivity index (χ0) is 26.4. The Morgan fingerprint density at radius 3 is 2.42 bits per heavy atom. The number of anilines is 1. The number of benzene rings is 2. The molecular formula is C31H33ClN4O2. The number of aromatic nitrogens is 1. The van der Waals surface area contributed by atoms with Gasteiger partial charge in [0.2, 0.25) is 0 Å². The summed E-state index contributed by atoms with van der Waals surface area (Å²) >= 11 is 6.39. The second kappa shape index (κ2) is 10.1. The molecule has 3 heterocycles. The number of pyridine rings is 1. The zero-order valence-electron chi connectivity index (χ0n) is 21.9. The lowest BCUT2D eigenvalue weighted by Crippen LogP contribution is -2.46. The maximum absolute atomic E-state index is 13.9. The van der Waals surface area contributed by atoms with Crippen LogP contribution in [0.2, 0.25) is 5.02 Å². The topological polar surface area (TPSA) is 56.8 Å². The maximum atomic E-state index is 13.9. The van der Waals surface area contributed by atoms with Crippen molar-refractivity contribution in [3.63, 3.8) is 0 Å². The van der Waals surface area contributed by atoms with Gasteiger partial charge in [-0.1, -0.05) is 36.7 Å². The number of halogens is 1. The molecule has 1 fully saturated rings. The third kappa shape index (κ3) is 4.25.